The van der Waals surface area contributed by atoms with Gasteiger partial charge in [0.2, 0.25) is 0 Å². The van der Waals surface area contributed by atoms with E-state index >= 15 is 0 Å². The van der Waals surface area contributed by atoms with Crippen LogP contribution in [0.15, 0.2) is 0 Å². The van der Waals surface area contributed by atoms with Crippen LogP contribution in [0.3, 0.4) is 0 Å². The van der Waals surface area contributed by atoms with Crippen molar-refractivity contribution in [2.45, 2.75) is 52.1 Å². The first kappa shape index (κ1) is 10.7. The third kappa shape index (κ3) is 3.11. The summed E-state index contributed by atoms with van der Waals surface area (Å²) in [6.07, 6.45) is 4.06. The Bertz CT molecular complexity index is 175. The van der Waals surface area contributed by atoms with Gasteiger partial charge < -0.3 is 5.11 Å². The Morgan fingerprint density at radius 1 is 1.46 bits per heavy atom. The molecule has 1 N–H and O–H groups in total. The van der Waals surface area contributed by atoms with E-state index in [4.69, 9.17) is 0 Å². The van der Waals surface area contributed by atoms with Gasteiger partial charge in [-0.05, 0) is 25.2 Å². The highest BCUT2D eigenvalue weighted by Crippen LogP contribution is 2.26. The number of carbonyl (C=O) groups is 1. The highest BCUT2D eigenvalue weighted by atomic mass is 16.3. The first-order valence-electron chi connectivity index (χ1n) is 5.32. The van der Waals surface area contributed by atoms with E-state index in [1.807, 2.05) is 0 Å². The Morgan fingerprint density at radius 2 is 2.15 bits per heavy atom. The van der Waals surface area contributed by atoms with Crippen LogP contribution in [0, 0.1) is 11.8 Å². The van der Waals surface area contributed by atoms with Gasteiger partial charge in [0, 0.05) is 12.3 Å². The number of ketones is 1. The Hall–Kier alpha value is -0.370. The molecule has 2 nitrogen and oxygen atoms in total. The molecule has 0 aliphatic heterocycles. The topological polar surface area (TPSA) is 37.3 Å². The highest BCUT2D eigenvalue weighted by molar-refractivity contribution is 5.82. The van der Waals surface area contributed by atoms with Gasteiger partial charge in [0.05, 0.1) is 6.10 Å². The van der Waals surface area contributed by atoms with Crippen molar-refractivity contribution < 1.29 is 9.90 Å². The summed E-state index contributed by atoms with van der Waals surface area (Å²) >= 11 is 0. The van der Waals surface area contributed by atoms with Crippen LogP contribution in [0.2, 0.25) is 0 Å². The lowest BCUT2D eigenvalue weighted by atomic mass is 9.81. The molecule has 0 unspecified atom stereocenters. The molecule has 0 aromatic heterocycles. The van der Waals surface area contributed by atoms with Gasteiger partial charge >= 0.3 is 0 Å². The molecule has 0 radical (unpaired) electrons. The molecule has 2 heteroatoms. The molecule has 1 aliphatic carbocycles. The number of hydrogen-bond acceptors (Lipinski definition) is 2. The zero-order valence-electron chi connectivity index (χ0n) is 8.62. The van der Waals surface area contributed by atoms with Crippen molar-refractivity contribution in [3.63, 3.8) is 0 Å². The Morgan fingerprint density at radius 3 is 2.69 bits per heavy atom. The van der Waals surface area contributed by atoms with Crippen LogP contribution in [0.25, 0.3) is 0 Å². The second kappa shape index (κ2) is 4.75. The zero-order valence-corrected chi connectivity index (χ0v) is 8.62. The van der Waals surface area contributed by atoms with Gasteiger partial charge in [0.15, 0.2) is 0 Å². The van der Waals surface area contributed by atoms with E-state index in [2.05, 4.69) is 13.8 Å². The maximum Gasteiger partial charge on any atom is 0.138 e. The van der Waals surface area contributed by atoms with E-state index in [-0.39, 0.29) is 11.7 Å². The molecule has 76 valence electrons. The van der Waals surface area contributed by atoms with Crippen LogP contribution in [0.1, 0.15) is 46.0 Å². The standard InChI is InChI=1S/C11H20O2/c1-8(2)7-11(13)9-5-3-4-6-10(9)12/h8-9,11,13H,3-7H2,1-2H3/t9-,11-/m1/s1. The molecular formula is C11H20O2. The summed E-state index contributed by atoms with van der Waals surface area (Å²) in [6.45, 7) is 4.16. The molecule has 1 saturated carbocycles. The predicted molar refractivity (Wildman–Crippen MR) is 52.4 cm³/mol. The van der Waals surface area contributed by atoms with Crippen molar-refractivity contribution in [2.75, 3.05) is 0 Å². The monoisotopic (exact) mass is 184 g/mol. The lowest BCUT2D eigenvalue weighted by molar-refractivity contribution is -0.128. The number of rotatable bonds is 3. The summed E-state index contributed by atoms with van der Waals surface area (Å²) in [5.74, 6) is 0.695. The Balaban J connectivity index is 2.43. The van der Waals surface area contributed by atoms with Crippen molar-refractivity contribution >= 4 is 5.78 Å². The Kier molecular flexibility index (Phi) is 3.91. The second-order valence-electron chi connectivity index (χ2n) is 4.52. The van der Waals surface area contributed by atoms with E-state index in [1.54, 1.807) is 0 Å². The van der Waals surface area contributed by atoms with Crippen LogP contribution in [-0.4, -0.2) is 17.0 Å². The average Bonchev–Trinajstić information content (AvgIpc) is 2.03. The summed E-state index contributed by atoms with van der Waals surface area (Å²) in [6, 6.07) is 0. The molecule has 0 aromatic rings. The molecular weight excluding hydrogens is 164 g/mol. The molecule has 1 fully saturated rings. The normalized spacial score (nSPS) is 26.5. The number of aliphatic hydroxyl groups is 1. The molecule has 2 atom stereocenters. The fourth-order valence-electron chi connectivity index (χ4n) is 2.06. The first-order valence-corrected chi connectivity index (χ1v) is 5.32. The van der Waals surface area contributed by atoms with Crippen molar-refractivity contribution in [2.24, 2.45) is 11.8 Å². The minimum absolute atomic E-state index is 0.0591. The summed E-state index contributed by atoms with van der Waals surface area (Å²) in [4.78, 5) is 11.5. The maximum atomic E-state index is 11.5. The van der Waals surface area contributed by atoms with Crippen molar-refractivity contribution in [3.05, 3.63) is 0 Å². The van der Waals surface area contributed by atoms with Crippen LogP contribution in [-0.2, 0) is 4.79 Å². The molecule has 1 aliphatic rings. The molecule has 0 amide bonds. The van der Waals surface area contributed by atoms with E-state index in [1.165, 1.54) is 0 Å². The lowest BCUT2D eigenvalue weighted by Gasteiger charge is -2.26. The molecule has 0 saturated heterocycles. The third-order valence-corrected chi connectivity index (χ3v) is 2.78. The number of aliphatic hydroxyl groups excluding tert-OH is 1. The molecule has 0 bridgehead atoms. The van der Waals surface area contributed by atoms with Gasteiger partial charge in [-0.1, -0.05) is 20.3 Å². The van der Waals surface area contributed by atoms with Gasteiger partial charge in [-0.2, -0.15) is 0 Å². The quantitative estimate of drug-likeness (QED) is 0.729. The maximum absolute atomic E-state index is 11.5. The lowest BCUT2D eigenvalue weighted by Crippen LogP contribution is -2.31. The van der Waals surface area contributed by atoms with Crippen LogP contribution in [0.4, 0.5) is 0 Å². The summed E-state index contributed by atoms with van der Waals surface area (Å²) < 4.78 is 0. The van der Waals surface area contributed by atoms with Gasteiger partial charge in [0.1, 0.15) is 5.78 Å². The molecule has 0 aromatic carbocycles. The average molecular weight is 184 g/mol. The number of Topliss-reactive ketones (excluding diaryl/α,β-unsaturated/α-hetero) is 1. The van der Waals surface area contributed by atoms with Gasteiger partial charge in [-0.25, -0.2) is 0 Å². The third-order valence-electron chi connectivity index (χ3n) is 2.78. The van der Waals surface area contributed by atoms with E-state index in [0.29, 0.717) is 12.3 Å². The molecule has 1 rings (SSSR count). The minimum Gasteiger partial charge on any atom is -0.392 e. The zero-order chi connectivity index (χ0) is 9.84. The fourth-order valence-corrected chi connectivity index (χ4v) is 2.06. The van der Waals surface area contributed by atoms with E-state index in [0.717, 1.165) is 25.7 Å². The van der Waals surface area contributed by atoms with Crippen molar-refractivity contribution in [3.8, 4) is 0 Å². The predicted octanol–water partition coefficient (Wildman–Crippen LogP) is 2.15. The molecule has 13 heavy (non-hydrogen) atoms. The van der Waals surface area contributed by atoms with Crippen molar-refractivity contribution in [1.29, 1.82) is 0 Å². The van der Waals surface area contributed by atoms with Crippen LogP contribution >= 0.6 is 0 Å². The van der Waals surface area contributed by atoms with E-state index in [9.17, 15) is 9.90 Å². The number of carbonyl (C=O) groups excluding carboxylic acids is 1. The second-order valence-corrected chi connectivity index (χ2v) is 4.52. The Labute approximate surface area is 80.3 Å². The smallest absolute Gasteiger partial charge is 0.138 e. The summed E-state index contributed by atoms with van der Waals surface area (Å²) in [7, 11) is 0. The summed E-state index contributed by atoms with van der Waals surface area (Å²) in [5, 5.41) is 9.79. The van der Waals surface area contributed by atoms with Crippen LogP contribution in [0.5, 0.6) is 0 Å². The largest absolute Gasteiger partial charge is 0.392 e. The fraction of sp³-hybridized carbons (Fsp3) is 0.909. The SMILES string of the molecule is CC(C)C[C@@H](O)[C@@H]1CCCCC1=O. The molecule has 0 spiro atoms. The summed E-state index contributed by atoms with van der Waals surface area (Å²) in [5.41, 5.74) is 0. The van der Waals surface area contributed by atoms with Crippen molar-refractivity contribution in [1.82, 2.24) is 0 Å². The molecule has 0 heterocycles. The van der Waals surface area contributed by atoms with Gasteiger partial charge in [-0.15, -0.1) is 0 Å². The van der Waals surface area contributed by atoms with Gasteiger partial charge in [-0.3, -0.25) is 4.79 Å². The highest BCUT2D eigenvalue weighted by Gasteiger charge is 2.28. The van der Waals surface area contributed by atoms with E-state index < -0.39 is 6.10 Å². The first-order chi connectivity index (χ1) is 6.11. The minimum atomic E-state index is -0.396. The number of hydrogen-bond donors (Lipinski definition) is 1. The van der Waals surface area contributed by atoms with Gasteiger partial charge in [0.25, 0.3) is 0 Å². The van der Waals surface area contributed by atoms with Crippen LogP contribution < -0.4 is 0 Å².